The van der Waals surface area contributed by atoms with Crippen LogP contribution < -0.4 is 5.32 Å². The molecule has 0 spiro atoms. The van der Waals surface area contributed by atoms with Gasteiger partial charge in [0.15, 0.2) is 0 Å². The Labute approximate surface area is 184 Å². The number of aryl methyl sites for hydroxylation is 2. The normalized spacial score (nSPS) is 14.6. The summed E-state index contributed by atoms with van der Waals surface area (Å²) in [5.41, 5.74) is 2.36. The Morgan fingerprint density at radius 2 is 1.80 bits per heavy atom. The van der Waals surface area contributed by atoms with Crippen molar-refractivity contribution in [1.29, 1.82) is 0 Å². The molecule has 4 aromatic rings. The van der Waals surface area contributed by atoms with Crippen LogP contribution in [0, 0.1) is 13.8 Å². The zero-order valence-electron chi connectivity index (χ0n) is 17.2. The maximum absolute atomic E-state index is 4.92. The van der Waals surface area contributed by atoms with Crippen LogP contribution in [0.15, 0.2) is 30.3 Å². The van der Waals surface area contributed by atoms with Gasteiger partial charge in [-0.2, -0.15) is 0 Å². The predicted molar refractivity (Wildman–Crippen MR) is 124 cm³/mol. The van der Waals surface area contributed by atoms with Gasteiger partial charge >= 0.3 is 0 Å². The smallest absolute Gasteiger partial charge is 0.147 e. The summed E-state index contributed by atoms with van der Waals surface area (Å²) in [6, 6.07) is 10.2. The number of nitrogens with one attached hydrogen (secondary N) is 1. The van der Waals surface area contributed by atoms with Gasteiger partial charge in [-0.3, -0.25) is 4.90 Å². The molecule has 0 aliphatic carbocycles. The molecular formula is C22H24N6S2. The Hall–Kier alpha value is -2.42. The number of aromatic nitrogens is 4. The molecule has 1 aromatic carbocycles. The van der Waals surface area contributed by atoms with E-state index in [9.17, 15) is 0 Å². The summed E-state index contributed by atoms with van der Waals surface area (Å²) >= 11 is 3.37. The van der Waals surface area contributed by atoms with E-state index >= 15 is 0 Å². The van der Waals surface area contributed by atoms with Crippen LogP contribution >= 0.6 is 22.7 Å². The summed E-state index contributed by atoms with van der Waals surface area (Å²) in [6.45, 7) is 8.01. The van der Waals surface area contributed by atoms with Crippen molar-refractivity contribution in [3.05, 3.63) is 51.6 Å². The molecule has 1 N–H and O–H groups in total. The van der Waals surface area contributed by atoms with Gasteiger partial charge in [-0.05, 0) is 45.3 Å². The number of fused-ring (bicyclic) bond motifs is 1. The van der Waals surface area contributed by atoms with Gasteiger partial charge in [0.1, 0.15) is 26.5 Å². The summed E-state index contributed by atoms with van der Waals surface area (Å²) in [4.78, 5) is 14.6. The van der Waals surface area contributed by atoms with Crippen LogP contribution in [0.4, 0.5) is 5.82 Å². The van der Waals surface area contributed by atoms with E-state index in [1.54, 1.807) is 22.7 Å². The third-order valence-electron chi connectivity index (χ3n) is 5.53. The number of benzene rings is 1. The van der Waals surface area contributed by atoms with Gasteiger partial charge in [-0.1, -0.05) is 41.7 Å². The lowest BCUT2D eigenvalue weighted by Gasteiger charge is -2.14. The second kappa shape index (κ2) is 8.37. The third kappa shape index (κ3) is 3.95. The second-order valence-electron chi connectivity index (χ2n) is 7.66. The highest BCUT2D eigenvalue weighted by Gasteiger charge is 2.18. The minimum Gasteiger partial charge on any atom is -0.363 e. The van der Waals surface area contributed by atoms with Crippen LogP contribution in [0.25, 0.3) is 20.8 Å². The Balaban J connectivity index is 1.40. The van der Waals surface area contributed by atoms with E-state index in [2.05, 4.69) is 46.4 Å². The summed E-state index contributed by atoms with van der Waals surface area (Å²) in [6.07, 6.45) is 2.54. The monoisotopic (exact) mass is 436 g/mol. The summed E-state index contributed by atoms with van der Waals surface area (Å²) in [5.74, 6) is 1.81. The van der Waals surface area contributed by atoms with Crippen LogP contribution in [-0.4, -0.2) is 38.2 Å². The number of hydrogen-bond donors (Lipinski definition) is 1. The molecule has 0 saturated carbocycles. The molecule has 0 bridgehead atoms. The van der Waals surface area contributed by atoms with E-state index in [0.717, 1.165) is 57.1 Å². The average Bonchev–Trinajstić information content (AvgIpc) is 3.49. The van der Waals surface area contributed by atoms with Crippen molar-refractivity contribution in [3.63, 3.8) is 0 Å². The van der Waals surface area contributed by atoms with Crippen molar-refractivity contribution >= 4 is 38.7 Å². The van der Waals surface area contributed by atoms with E-state index in [-0.39, 0.29) is 0 Å². The Morgan fingerprint density at radius 3 is 2.60 bits per heavy atom. The molecule has 4 heterocycles. The number of hydrogen-bond acceptors (Lipinski definition) is 8. The highest BCUT2D eigenvalue weighted by molar-refractivity contribution is 7.18. The minimum absolute atomic E-state index is 0.605. The van der Waals surface area contributed by atoms with E-state index in [1.807, 2.05) is 18.2 Å². The molecule has 6 nitrogen and oxygen atoms in total. The summed E-state index contributed by atoms with van der Waals surface area (Å²) < 4.78 is 0. The molecule has 3 aromatic heterocycles. The molecular weight excluding hydrogens is 412 g/mol. The Kier molecular flexibility index (Phi) is 5.45. The fourth-order valence-electron chi connectivity index (χ4n) is 3.81. The zero-order valence-corrected chi connectivity index (χ0v) is 18.8. The molecule has 1 aliphatic heterocycles. The van der Waals surface area contributed by atoms with Gasteiger partial charge in [-0.15, -0.1) is 21.5 Å². The van der Waals surface area contributed by atoms with Gasteiger partial charge in [0.25, 0.3) is 0 Å². The molecule has 8 heteroatoms. The summed E-state index contributed by atoms with van der Waals surface area (Å²) in [7, 11) is 0. The number of rotatable bonds is 6. The number of nitrogens with zero attached hydrogens (tertiary/aromatic N) is 5. The van der Waals surface area contributed by atoms with Crippen LogP contribution in [0.2, 0.25) is 0 Å². The molecule has 0 atom stereocenters. The molecule has 0 amide bonds. The SMILES string of the molecule is Cc1sc2nc(CN3CCCC3)nc(NCc3nnc(-c4ccccc4)s3)c2c1C. The Morgan fingerprint density at radius 1 is 1.00 bits per heavy atom. The molecule has 1 fully saturated rings. The molecule has 1 saturated heterocycles. The topological polar surface area (TPSA) is 66.8 Å². The largest absolute Gasteiger partial charge is 0.363 e. The van der Waals surface area contributed by atoms with Crippen LogP contribution in [0.5, 0.6) is 0 Å². The Bertz CT molecular complexity index is 1160. The van der Waals surface area contributed by atoms with E-state index in [4.69, 9.17) is 9.97 Å². The van der Waals surface area contributed by atoms with Gasteiger partial charge < -0.3 is 5.32 Å². The first kappa shape index (κ1) is 19.5. The van der Waals surface area contributed by atoms with Crippen LogP contribution in [0.1, 0.15) is 34.1 Å². The first-order chi connectivity index (χ1) is 14.7. The predicted octanol–water partition coefficient (Wildman–Crippen LogP) is 5.03. The maximum atomic E-state index is 4.92. The van der Waals surface area contributed by atoms with Crippen LogP contribution in [0.3, 0.4) is 0 Å². The lowest BCUT2D eigenvalue weighted by Crippen LogP contribution is -2.20. The quantitative estimate of drug-likeness (QED) is 0.457. The average molecular weight is 437 g/mol. The van der Waals surface area contributed by atoms with Crippen molar-refractivity contribution < 1.29 is 0 Å². The fourth-order valence-corrected chi connectivity index (χ4v) is 5.65. The van der Waals surface area contributed by atoms with Gasteiger partial charge in [0, 0.05) is 10.4 Å². The lowest BCUT2D eigenvalue weighted by molar-refractivity contribution is 0.323. The van der Waals surface area contributed by atoms with Crippen molar-refractivity contribution in [1.82, 2.24) is 25.1 Å². The third-order valence-corrected chi connectivity index (χ3v) is 7.61. The second-order valence-corrected chi connectivity index (χ2v) is 9.92. The molecule has 154 valence electrons. The van der Waals surface area contributed by atoms with Gasteiger partial charge in [-0.25, -0.2) is 9.97 Å². The molecule has 30 heavy (non-hydrogen) atoms. The first-order valence-corrected chi connectivity index (χ1v) is 11.9. The van der Waals surface area contributed by atoms with Crippen molar-refractivity contribution in [3.8, 4) is 10.6 Å². The van der Waals surface area contributed by atoms with Crippen molar-refractivity contribution in [2.75, 3.05) is 18.4 Å². The molecule has 5 rings (SSSR count). The minimum atomic E-state index is 0.605. The van der Waals surface area contributed by atoms with Gasteiger partial charge in [0.2, 0.25) is 0 Å². The molecule has 1 aliphatic rings. The van der Waals surface area contributed by atoms with Crippen molar-refractivity contribution in [2.24, 2.45) is 0 Å². The zero-order chi connectivity index (χ0) is 20.5. The number of thiophene rings is 1. The first-order valence-electron chi connectivity index (χ1n) is 10.3. The summed E-state index contributed by atoms with van der Waals surface area (Å²) in [5, 5.41) is 15.3. The maximum Gasteiger partial charge on any atom is 0.147 e. The van der Waals surface area contributed by atoms with Crippen LogP contribution in [-0.2, 0) is 13.1 Å². The van der Waals surface area contributed by atoms with Crippen molar-refractivity contribution in [2.45, 2.75) is 39.8 Å². The number of anilines is 1. The molecule has 0 unspecified atom stereocenters. The molecule has 0 radical (unpaired) electrons. The van der Waals surface area contributed by atoms with E-state index in [0.29, 0.717) is 6.54 Å². The highest BCUT2D eigenvalue weighted by atomic mass is 32.1. The fraction of sp³-hybridized carbons (Fsp3) is 0.364. The number of likely N-dealkylation sites (tertiary alicyclic amines) is 1. The lowest BCUT2D eigenvalue weighted by atomic mass is 10.2. The van der Waals surface area contributed by atoms with E-state index in [1.165, 1.54) is 23.3 Å². The standard InChI is InChI=1S/C22H24N6S2/c1-14-15(2)29-22-19(14)20(24-17(25-22)13-28-10-6-7-11-28)23-12-18-26-27-21(30-18)16-8-4-3-5-9-16/h3-5,8-9H,6-7,10-13H2,1-2H3,(H,23,24,25). The van der Waals surface area contributed by atoms with E-state index < -0.39 is 0 Å². The highest BCUT2D eigenvalue weighted by Crippen LogP contribution is 2.34. The van der Waals surface area contributed by atoms with Gasteiger partial charge in [0.05, 0.1) is 18.5 Å².